The number of anilines is 1. The van der Waals surface area contributed by atoms with Crippen molar-refractivity contribution < 1.29 is 22.5 Å². The summed E-state index contributed by atoms with van der Waals surface area (Å²) in [6.45, 7) is 0.970. The van der Waals surface area contributed by atoms with Gasteiger partial charge in [0.15, 0.2) is 11.5 Å². The molecule has 4 rings (SSSR count). The number of nitrogens with zero attached hydrogens (tertiary/aromatic N) is 4. The topological polar surface area (TPSA) is 87.9 Å². The van der Waals surface area contributed by atoms with Crippen molar-refractivity contribution in [2.75, 3.05) is 17.7 Å². The Bertz CT molecular complexity index is 1030. The minimum absolute atomic E-state index is 0.117. The Morgan fingerprint density at radius 3 is 3.00 bits per heavy atom. The zero-order chi connectivity index (χ0) is 20.6. The fraction of sp³-hybridized carbons (Fsp3) is 0.444. The number of ketones is 1. The number of carbonyl (C=O) groups excluding carboxylic acids is 1. The predicted octanol–water partition coefficient (Wildman–Crippen LogP) is 3.77. The van der Waals surface area contributed by atoms with E-state index in [0.717, 1.165) is 11.2 Å². The number of halogens is 3. The van der Waals surface area contributed by atoms with E-state index in [1.165, 1.54) is 12.6 Å². The molecule has 1 N–H and O–H groups in total. The number of H-pyrrole nitrogens is 1. The largest absolute Gasteiger partial charge is 0.400 e. The summed E-state index contributed by atoms with van der Waals surface area (Å²) >= 11 is 0.698. The van der Waals surface area contributed by atoms with Crippen LogP contribution < -0.4 is 4.90 Å². The molecule has 0 amide bonds. The van der Waals surface area contributed by atoms with E-state index in [2.05, 4.69) is 20.1 Å². The van der Waals surface area contributed by atoms with Crippen LogP contribution in [0.15, 0.2) is 23.1 Å². The molecule has 0 aromatic carbocycles. The standard InChI is InChI=1S/C18H18F3N5O2S/c1-29-14(18(19,20)21)3-2-12(27)15-11-8-26(7-5-13(11)28-25-15)17-10-4-6-22-16(10)23-9-24-17/h4,6,9,14H,2-3,5,7-8H2,1H3,(H,22,23,24). The van der Waals surface area contributed by atoms with Crippen molar-refractivity contribution in [2.24, 2.45) is 0 Å². The van der Waals surface area contributed by atoms with Gasteiger partial charge in [-0.3, -0.25) is 4.79 Å². The fourth-order valence-corrected chi connectivity index (χ4v) is 4.14. The predicted molar refractivity (Wildman–Crippen MR) is 102 cm³/mol. The lowest BCUT2D eigenvalue weighted by Gasteiger charge is -2.27. The van der Waals surface area contributed by atoms with Crippen molar-refractivity contribution in [2.45, 2.75) is 37.2 Å². The lowest BCUT2D eigenvalue weighted by Crippen LogP contribution is -2.31. The first-order valence-electron chi connectivity index (χ1n) is 9.01. The van der Waals surface area contributed by atoms with Crippen LogP contribution in [0.5, 0.6) is 0 Å². The minimum atomic E-state index is -4.34. The second kappa shape index (κ2) is 7.69. The number of fused-ring (bicyclic) bond motifs is 2. The smallest absolute Gasteiger partial charge is 0.360 e. The molecule has 0 bridgehead atoms. The number of hydrogen-bond acceptors (Lipinski definition) is 7. The lowest BCUT2D eigenvalue weighted by atomic mass is 10.0. The highest BCUT2D eigenvalue weighted by molar-refractivity contribution is 7.99. The average Bonchev–Trinajstić information content (AvgIpc) is 3.33. The van der Waals surface area contributed by atoms with E-state index in [9.17, 15) is 18.0 Å². The number of carbonyl (C=O) groups is 1. The van der Waals surface area contributed by atoms with Gasteiger partial charge in [-0.15, -0.1) is 0 Å². The highest BCUT2D eigenvalue weighted by Crippen LogP contribution is 2.34. The Hall–Kier alpha value is -2.56. The molecule has 0 saturated carbocycles. The molecule has 1 aliphatic heterocycles. The SMILES string of the molecule is CSC(CCC(=O)c1noc2c1CN(c1ncnc3[nH]ccc13)CC2)C(F)(F)F. The molecule has 0 saturated heterocycles. The molecule has 1 unspecified atom stereocenters. The van der Waals surface area contributed by atoms with E-state index in [4.69, 9.17) is 4.52 Å². The summed E-state index contributed by atoms with van der Waals surface area (Å²) in [7, 11) is 0. The zero-order valence-corrected chi connectivity index (χ0v) is 16.3. The zero-order valence-electron chi connectivity index (χ0n) is 15.5. The monoisotopic (exact) mass is 425 g/mol. The Labute approximate surface area is 168 Å². The Kier molecular flexibility index (Phi) is 5.24. The molecule has 7 nitrogen and oxygen atoms in total. The molecular formula is C18H18F3N5O2S. The van der Waals surface area contributed by atoms with Crippen molar-refractivity contribution in [3.63, 3.8) is 0 Å². The maximum absolute atomic E-state index is 12.9. The van der Waals surface area contributed by atoms with Crippen LogP contribution >= 0.6 is 11.8 Å². The number of aromatic amines is 1. The van der Waals surface area contributed by atoms with Crippen LogP contribution in [0.4, 0.5) is 19.0 Å². The number of thioether (sulfide) groups is 1. The van der Waals surface area contributed by atoms with Crippen LogP contribution in [0.2, 0.25) is 0 Å². The number of hydrogen-bond donors (Lipinski definition) is 1. The molecule has 4 heterocycles. The Morgan fingerprint density at radius 2 is 2.24 bits per heavy atom. The summed E-state index contributed by atoms with van der Waals surface area (Å²) in [5.74, 6) is 0.886. The van der Waals surface area contributed by atoms with E-state index in [0.29, 0.717) is 48.2 Å². The van der Waals surface area contributed by atoms with Gasteiger partial charge in [0.2, 0.25) is 0 Å². The van der Waals surface area contributed by atoms with Crippen molar-refractivity contribution >= 4 is 34.4 Å². The first kappa shape index (κ1) is 19.7. The second-order valence-corrected chi connectivity index (χ2v) is 7.81. The van der Waals surface area contributed by atoms with Gasteiger partial charge >= 0.3 is 6.18 Å². The van der Waals surface area contributed by atoms with Gasteiger partial charge in [-0.2, -0.15) is 24.9 Å². The van der Waals surface area contributed by atoms with Gasteiger partial charge in [0, 0.05) is 31.1 Å². The van der Waals surface area contributed by atoms with Crippen LogP contribution in [-0.4, -0.2) is 50.1 Å². The van der Waals surface area contributed by atoms with Gasteiger partial charge in [0.1, 0.15) is 28.8 Å². The minimum Gasteiger partial charge on any atom is -0.360 e. The molecule has 3 aromatic rings. The second-order valence-electron chi connectivity index (χ2n) is 6.77. The molecule has 29 heavy (non-hydrogen) atoms. The molecule has 11 heteroatoms. The van der Waals surface area contributed by atoms with Gasteiger partial charge in [-0.25, -0.2) is 9.97 Å². The summed E-state index contributed by atoms with van der Waals surface area (Å²) in [6, 6.07) is 1.87. The molecule has 154 valence electrons. The van der Waals surface area contributed by atoms with E-state index in [1.54, 1.807) is 6.20 Å². The molecule has 0 aliphatic carbocycles. The highest BCUT2D eigenvalue weighted by atomic mass is 32.2. The average molecular weight is 425 g/mol. The molecule has 0 radical (unpaired) electrons. The first-order chi connectivity index (χ1) is 13.9. The third-order valence-corrected chi connectivity index (χ3v) is 6.08. The van der Waals surface area contributed by atoms with Crippen molar-refractivity contribution in [1.82, 2.24) is 20.1 Å². The Morgan fingerprint density at radius 1 is 1.41 bits per heavy atom. The van der Waals surface area contributed by atoms with Crippen LogP contribution in [0.1, 0.15) is 34.7 Å². The molecule has 1 atom stereocenters. The van der Waals surface area contributed by atoms with Gasteiger partial charge in [-0.05, 0) is 18.7 Å². The van der Waals surface area contributed by atoms with Gasteiger partial charge in [0.05, 0.1) is 11.9 Å². The van der Waals surface area contributed by atoms with E-state index in [1.807, 2.05) is 11.0 Å². The van der Waals surface area contributed by atoms with Crippen molar-refractivity contribution in [1.29, 1.82) is 0 Å². The van der Waals surface area contributed by atoms with Crippen molar-refractivity contribution in [3.05, 3.63) is 35.6 Å². The molecular weight excluding hydrogens is 407 g/mol. The van der Waals surface area contributed by atoms with Crippen LogP contribution in [0.25, 0.3) is 11.0 Å². The summed E-state index contributed by atoms with van der Waals surface area (Å²) < 4.78 is 44.1. The van der Waals surface area contributed by atoms with Crippen LogP contribution in [0.3, 0.4) is 0 Å². The first-order valence-corrected chi connectivity index (χ1v) is 10.3. The third-order valence-electron chi connectivity index (χ3n) is 5.01. The third kappa shape index (κ3) is 3.83. The van der Waals surface area contributed by atoms with E-state index in [-0.39, 0.29) is 18.5 Å². The maximum Gasteiger partial charge on any atom is 0.400 e. The van der Waals surface area contributed by atoms with Crippen LogP contribution in [-0.2, 0) is 13.0 Å². The number of Topliss-reactive ketones (excluding diaryl/α,β-unsaturated/α-hetero) is 1. The summed E-state index contributed by atoms with van der Waals surface area (Å²) in [5, 5.41) is 3.15. The van der Waals surface area contributed by atoms with E-state index < -0.39 is 17.2 Å². The summed E-state index contributed by atoms with van der Waals surface area (Å²) in [6.07, 6.45) is 0.293. The number of rotatable bonds is 6. The van der Waals surface area contributed by atoms with Crippen LogP contribution in [0, 0.1) is 0 Å². The molecule has 0 spiro atoms. The molecule has 1 aliphatic rings. The van der Waals surface area contributed by atoms with Gasteiger partial charge in [0.25, 0.3) is 0 Å². The number of alkyl halides is 3. The van der Waals surface area contributed by atoms with Gasteiger partial charge < -0.3 is 14.4 Å². The Balaban J connectivity index is 1.53. The summed E-state index contributed by atoms with van der Waals surface area (Å²) in [5.41, 5.74) is 1.44. The van der Waals surface area contributed by atoms with Crippen molar-refractivity contribution in [3.8, 4) is 0 Å². The van der Waals surface area contributed by atoms with E-state index >= 15 is 0 Å². The summed E-state index contributed by atoms with van der Waals surface area (Å²) in [4.78, 5) is 26.2. The molecule has 3 aromatic heterocycles. The molecule has 0 fully saturated rings. The number of nitrogens with one attached hydrogen (secondary N) is 1. The normalized spacial score (nSPS) is 15.5. The van der Waals surface area contributed by atoms with Gasteiger partial charge in [-0.1, -0.05) is 5.16 Å². The maximum atomic E-state index is 12.9. The lowest BCUT2D eigenvalue weighted by molar-refractivity contribution is -0.129. The quantitative estimate of drug-likeness (QED) is 0.602. The highest BCUT2D eigenvalue weighted by Gasteiger charge is 2.39. The number of aromatic nitrogens is 4. The fourth-order valence-electron chi connectivity index (χ4n) is 3.52.